The molecule has 6 nitrogen and oxygen atoms in total. The van der Waals surface area contributed by atoms with E-state index < -0.39 is 11.5 Å². The fourth-order valence-electron chi connectivity index (χ4n) is 4.30. The van der Waals surface area contributed by atoms with Crippen LogP contribution in [0.3, 0.4) is 0 Å². The lowest BCUT2D eigenvalue weighted by Crippen LogP contribution is -2.23. The van der Waals surface area contributed by atoms with Crippen LogP contribution in [-0.2, 0) is 0 Å². The minimum Gasteiger partial charge on any atom is -0.507 e. The molecule has 0 aliphatic carbocycles. The Morgan fingerprint density at radius 3 is 2.24 bits per heavy atom. The molecule has 0 unspecified atom stereocenters. The molecule has 0 spiro atoms. The largest absolute Gasteiger partial charge is 0.507 e. The number of nitrogens with one attached hydrogen (secondary N) is 1. The molecule has 164 valence electrons. The van der Waals surface area contributed by atoms with Gasteiger partial charge in [0.05, 0.1) is 28.1 Å². The molecule has 5 aromatic rings. The van der Waals surface area contributed by atoms with Crippen molar-refractivity contribution in [2.24, 2.45) is 0 Å². The van der Waals surface area contributed by atoms with Crippen molar-refractivity contribution in [3.05, 3.63) is 128 Å². The summed E-state index contributed by atoms with van der Waals surface area (Å²) in [5.74, 6) is -1.00. The Hall–Kier alpha value is -4.32. The van der Waals surface area contributed by atoms with Crippen molar-refractivity contribution in [2.75, 3.05) is 0 Å². The average Bonchev–Trinajstić information content (AvgIpc) is 3.11. The molecule has 0 fully saturated rings. The van der Waals surface area contributed by atoms with Gasteiger partial charge in [-0.1, -0.05) is 60.2 Å². The predicted octanol–water partition coefficient (Wildman–Crippen LogP) is 4.77. The number of para-hydroxylation sites is 2. The summed E-state index contributed by atoms with van der Waals surface area (Å²) in [4.78, 5) is 26.8. The number of nitrogens with zero attached hydrogens (tertiary/aromatic N) is 1. The summed E-state index contributed by atoms with van der Waals surface area (Å²) in [6.45, 7) is 3.75. The van der Waals surface area contributed by atoms with E-state index in [0.29, 0.717) is 33.5 Å². The monoisotopic (exact) mass is 438 g/mol. The van der Waals surface area contributed by atoms with Gasteiger partial charge in [-0.05, 0) is 43.7 Å². The van der Waals surface area contributed by atoms with Crippen molar-refractivity contribution in [1.82, 2.24) is 9.78 Å². The van der Waals surface area contributed by atoms with E-state index in [0.717, 1.165) is 5.56 Å². The van der Waals surface area contributed by atoms with Crippen molar-refractivity contribution in [1.29, 1.82) is 0 Å². The van der Waals surface area contributed by atoms with E-state index in [9.17, 15) is 14.7 Å². The number of aromatic nitrogens is 2. The molecular weight excluding hydrogens is 416 g/mol. The lowest BCUT2D eigenvalue weighted by Gasteiger charge is -2.18. The Balaban J connectivity index is 1.83. The molecule has 2 N–H and O–H groups in total. The van der Waals surface area contributed by atoms with Crippen molar-refractivity contribution < 1.29 is 9.52 Å². The Morgan fingerprint density at radius 1 is 0.848 bits per heavy atom. The summed E-state index contributed by atoms with van der Waals surface area (Å²) in [5, 5.41) is 14.7. The first kappa shape index (κ1) is 20.6. The molecule has 6 heteroatoms. The summed E-state index contributed by atoms with van der Waals surface area (Å²) < 4.78 is 7.01. The predicted molar refractivity (Wildman–Crippen MR) is 127 cm³/mol. The molecule has 0 aliphatic heterocycles. The van der Waals surface area contributed by atoms with Crippen LogP contribution in [0.2, 0.25) is 0 Å². The maximum atomic E-state index is 13.6. The maximum Gasteiger partial charge on any atom is 0.344 e. The average molecular weight is 438 g/mol. The zero-order chi connectivity index (χ0) is 23.1. The van der Waals surface area contributed by atoms with E-state index >= 15 is 0 Å². The molecule has 0 amide bonds. The van der Waals surface area contributed by atoms with E-state index in [1.54, 1.807) is 31.2 Å². The molecule has 0 bridgehead atoms. The second-order valence-corrected chi connectivity index (χ2v) is 8.12. The van der Waals surface area contributed by atoms with Crippen molar-refractivity contribution in [2.45, 2.75) is 19.8 Å². The van der Waals surface area contributed by atoms with E-state index in [-0.39, 0.29) is 16.9 Å². The van der Waals surface area contributed by atoms with Crippen molar-refractivity contribution >= 4 is 11.0 Å². The SMILES string of the molecule is Cc1ccc([C@@H](c2c(O)c3ccccc3oc2=O)c2c(C)[nH]n(-c3ccccc3)c2=O)cc1. The van der Waals surface area contributed by atoms with E-state index in [1.165, 1.54) is 4.68 Å². The first-order valence-electron chi connectivity index (χ1n) is 10.6. The van der Waals surface area contributed by atoms with Crippen LogP contribution in [0, 0.1) is 13.8 Å². The summed E-state index contributed by atoms with van der Waals surface area (Å²) in [7, 11) is 0. The van der Waals surface area contributed by atoms with Gasteiger partial charge in [0.25, 0.3) is 5.56 Å². The quantitative estimate of drug-likeness (QED) is 0.396. The molecule has 0 saturated heterocycles. The van der Waals surface area contributed by atoms with Crippen LogP contribution >= 0.6 is 0 Å². The number of rotatable bonds is 4. The van der Waals surface area contributed by atoms with E-state index in [4.69, 9.17) is 4.42 Å². The molecule has 0 saturated carbocycles. The van der Waals surface area contributed by atoms with Crippen molar-refractivity contribution in [3.63, 3.8) is 0 Å². The Morgan fingerprint density at radius 2 is 1.52 bits per heavy atom. The summed E-state index contributed by atoms with van der Waals surface area (Å²) in [6, 6.07) is 23.6. The van der Waals surface area contributed by atoms with Gasteiger partial charge >= 0.3 is 5.63 Å². The number of H-pyrrole nitrogens is 1. The first-order valence-corrected chi connectivity index (χ1v) is 10.6. The topological polar surface area (TPSA) is 88.2 Å². The van der Waals surface area contributed by atoms with Crippen LogP contribution in [0.15, 0.2) is 92.9 Å². The number of aromatic hydroxyl groups is 1. The third-order valence-corrected chi connectivity index (χ3v) is 5.94. The smallest absolute Gasteiger partial charge is 0.344 e. The number of fused-ring (bicyclic) bond motifs is 1. The maximum absolute atomic E-state index is 13.6. The molecule has 0 radical (unpaired) electrons. The number of aromatic amines is 1. The molecule has 33 heavy (non-hydrogen) atoms. The third-order valence-electron chi connectivity index (χ3n) is 5.94. The summed E-state index contributed by atoms with van der Waals surface area (Å²) in [6.07, 6.45) is 0. The van der Waals surface area contributed by atoms with Gasteiger partial charge in [-0.25, -0.2) is 9.48 Å². The van der Waals surface area contributed by atoms with Crippen molar-refractivity contribution in [3.8, 4) is 11.4 Å². The number of aryl methyl sites for hydroxylation is 2. The molecule has 1 atom stereocenters. The van der Waals surface area contributed by atoms with Gasteiger partial charge in [0, 0.05) is 5.69 Å². The second kappa shape index (κ2) is 7.98. The van der Waals surface area contributed by atoms with Gasteiger partial charge < -0.3 is 9.52 Å². The van der Waals surface area contributed by atoms with Crippen LogP contribution < -0.4 is 11.2 Å². The Kier molecular flexibility index (Phi) is 4.98. The van der Waals surface area contributed by atoms with Gasteiger partial charge in [0.15, 0.2) is 0 Å². The number of hydrogen-bond acceptors (Lipinski definition) is 4. The molecule has 0 aliphatic rings. The highest BCUT2D eigenvalue weighted by atomic mass is 16.4. The molecule has 3 aromatic carbocycles. The number of benzene rings is 3. The standard InChI is InChI=1S/C27H22N2O4/c1-16-12-14-18(15-13-16)23(24-25(30)20-10-6-7-11-21(20)33-27(24)32)22-17(2)28-29(26(22)31)19-8-4-3-5-9-19/h3-15,23,28,30H,1-2H3/t23-/m1/s1. The Bertz CT molecular complexity index is 1580. The van der Waals surface area contributed by atoms with Crippen LogP contribution in [-0.4, -0.2) is 14.9 Å². The zero-order valence-electron chi connectivity index (χ0n) is 18.2. The molecule has 5 rings (SSSR count). The van der Waals surface area contributed by atoms with Crippen LogP contribution in [0.1, 0.15) is 33.9 Å². The van der Waals surface area contributed by atoms with E-state index in [2.05, 4.69) is 5.10 Å². The normalized spacial score (nSPS) is 12.2. The lowest BCUT2D eigenvalue weighted by molar-refractivity contribution is 0.455. The molecule has 2 aromatic heterocycles. The fraction of sp³-hybridized carbons (Fsp3) is 0.111. The highest BCUT2D eigenvalue weighted by molar-refractivity contribution is 5.84. The van der Waals surface area contributed by atoms with Crippen LogP contribution in [0.4, 0.5) is 0 Å². The van der Waals surface area contributed by atoms with Gasteiger partial charge in [-0.15, -0.1) is 0 Å². The van der Waals surface area contributed by atoms with Crippen LogP contribution in [0.5, 0.6) is 5.75 Å². The van der Waals surface area contributed by atoms with Gasteiger partial charge in [-0.2, -0.15) is 0 Å². The minimum absolute atomic E-state index is 0.0389. The summed E-state index contributed by atoms with van der Waals surface area (Å²) >= 11 is 0. The summed E-state index contributed by atoms with van der Waals surface area (Å²) in [5.41, 5.74) is 2.75. The highest BCUT2D eigenvalue weighted by Crippen LogP contribution is 2.38. The molecular formula is C27H22N2O4. The third kappa shape index (κ3) is 3.46. The minimum atomic E-state index is -0.819. The zero-order valence-corrected chi connectivity index (χ0v) is 18.2. The highest BCUT2D eigenvalue weighted by Gasteiger charge is 2.31. The first-order chi connectivity index (χ1) is 16.0. The van der Waals surface area contributed by atoms with Gasteiger partial charge in [-0.3, -0.25) is 9.89 Å². The number of hydrogen-bond donors (Lipinski definition) is 2. The Labute approximate surface area is 189 Å². The lowest BCUT2D eigenvalue weighted by atomic mass is 9.84. The fourth-order valence-corrected chi connectivity index (χ4v) is 4.30. The van der Waals surface area contributed by atoms with Gasteiger partial charge in [0.2, 0.25) is 0 Å². The molecule has 2 heterocycles. The van der Waals surface area contributed by atoms with Crippen LogP contribution in [0.25, 0.3) is 16.7 Å². The second-order valence-electron chi connectivity index (χ2n) is 8.12. The van der Waals surface area contributed by atoms with E-state index in [1.807, 2.05) is 61.5 Å². The van der Waals surface area contributed by atoms with Gasteiger partial charge in [0.1, 0.15) is 11.3 Å².